The Balaban J connectivity index is 0. The number of hydrogen-bond donors (Lipinski definition) is 2. The van der Waals surface area contributed by atoms with Crippen LogP contribution in [0.15, 0.2) is 35.4 Å². The van der Waals surface area contributed by atoms with E-state index in [0.717, 1.165) is 0 Å². The maximum Gasteiger partial charge on any atom is 0.156 e. The van der Waals surface area contributed by atoms with Gasteiger partial charge < -0.3 is 10.2 Å². The van der Waals surface area contributed by atoms with Crippen LogP contribution in [0.1, 0.15) is 26.7 Å². The molecule has 0 aliphatic carbocycles. The van der Waals surface area contributed by atoms with Gasteiger partial charge in [-0.2, -0.15) is 0 Å². The molecule has 0 bridgehead atoms. The molecule has 0 radical (unpaired) electrons. The smallest absolute Gasteiger partial charge is 0.156 e. The van der Waals surface area contributed by atoms with E-state index in [2.05, 4.69) is 34.5 Å². The average Bonchev–Trinajstić information content (AvgIpc) is 2.41. The van der Waals surface area contributed by atoms with Crippen LogP contribution >= 0.6 is 24.4 Å². The minimum absolute atomic E-state index is 0.0880. The maximum atomic E-state index is 8.09. The molecular weight excluding hydrogens is 282 g/mol. The number of nitrogens with zero attached hydrogens (tertiary/aromatic N) is 3. The van der Waals surface area contributed by atoms with Crippen molar-refractivity contribution in [3.8, 4) is 0 Å². The summed E-state index contributed by atoms with van der Waals surface area (Å²) in [6.07, 6.45) is 1.19. The third-order valence-electron chi connectivity index (χ3n) is 1.52. The molecule has 19 heavy (non-hydrogen) atoms. The Morgan fingerprint density at radius 1 is 1.11 bits per heavy atom. The number of benzene rings is 1. The van der Waals surface area contributed by atoms with E-state index < -0.39 is 0 Å². The van der Waals surface area contributed by atoms with Crippen molar-refractivity contribution >= 4 is 40.2 Å². The molecule has 0 saturated carbocycles. The Bertz CT molecular complexity index is 404. The second-order valence-corrected chi connectivity index (χ2v) is 3.96. The number of thiocarbonyl (C=S) groups is 2. The summed E-state index contributed by atoms with van der Waals surface area (Å²) in [7, 11) is 0. The quantitative estimate of drug-likeness (QED) is 0.348. The topological polar surface area (TPSA) is 89.2 Å². The summed E-state index contributed by atoms with van der Waals surface area (Å²) in [5.74, 6) is 0. The number of aliphatic hydroxyl groups is 2. The van der Waals surface area contributed by atoms with Crippen LogP contribution in [0.4, 0.5) is 5.69 Å². The molecule has 1 aromatic rings. The Hall–Kier alpha value is -1.69. The lowest BCUT2D eigenvalue weighted by atomic mass is 10.3. The van der Waals surface area contributed by atoms with Crippen LogP contribution in [-0.2, 0) is 0 Å². The average molecular weight is 299 g/mol. The van der Waals surface area contributed by atoms with Gasteiger partial charge in [0.15, 0.2) is 10.1 Å². The lowest BCUT2D eigenvalue weighted by Crippen LogP contribution is -1.82. The summed E-state index contributed by atoms with van der Waals surface area (Å²) in [5.41, 5.74) is 8.63. The second kappa shape index (κ2) is 14.4. The van der Waals surface area contributed by atoms with Crippen molar-refractivity contribution in [3.05, 3.63) is 40.8 Å². The predicted octanol–water partition coefficient (Wildman–Crippen LogP) is 5.19. The Morgan fingerprint density at radius 3 is 1.74 bits per heavy atom. The van der Waals surface area contributed by atoms with Gasteiger partial charge in [-0.3, -0.25) is 0 Å². The summed E-state index contributed by atoms with van der Waals surface area (Å²) in [4.78, 5) is 2.63. The van der Waals surface area contributed by atoms with E-state index in [1.807, 2.05) is 32.0 Å². The molecule has 0 unspecified atom stereocenters. The summed E-state index contributed by atoms with van der Waals surface area (Å²) in [6.45, 7) is 3.62. The van der Waals surface area contributed by atoms with Gasteiger partial charge in [0, 0.05) is 23.4 Å². The molecule has 5 nitrogen and oxygen atoms in total. The summed E-state index contributed by atoms with van der Waals surface area (Å²) >= 11 is 8.50. The second-order valence-electron chi connectivity index (χ2n) is 3.02. The highest BCUT2D eigenvalue weighted by Crippen LogP contribution is 2.08. The molecule has 0 amide bonds. The van der Waals surface area contributed by atoms with Gasteiger partial charge in [0.2, 0.25) is 0 Å². The van der Waals surface area contributed by atoms with E-state index in [1.165, 1.54) is 0 Å². The van der Waals surface area contributed by atoms with Gasteiger partial charge in [-0.05, 0) is 30.0 Å². The minimum Gasteiger partial charge on any atom is -0.502 e. The highest BCUT2D eigenvalue weighted by atomic mass is 32.1. The first-order valence-corrected chi connectivity index (χ1v) is 6.33. The predicted molar refractivity (Wildman–Crippen MR) is 86.3 cm³/mol. The largest absolute Gasteiger partial charge is 0.502 e. The molecular formula is C12H17N3O2S2. The van der Waals surface area contributed by atoms with E-state index in [4.69, 9.17) is 15.7 Å². The standard InChI is InChI=1S/C6H5N3.2C3H6OS/c7-9-8-6-4-2-1-3-5-6;2*1-2-3(4)5/h1-5H;2*2H2,1H3,(H,4,5). The van der Waals surface area contributed by atoms with Crippen LogP contribution < -0.4 is 0 Å². The van der Waals surface area contributed by atoms with Crippen molar-refractivity contribution < 1.29 is 10.2 Å². The highest BCUT2D eigenvalue weighted by Gasteiger charge is 1.79. The minimum atomic E-state index is 0.0880. The van der Waals surface area contributed by atoms with Crippen molar-refractivity contribution in [1.29, 1.82) is 0 Å². The van der Waals surface area contributed by atoms with Crippen LogP contribution in [-0.4, -0.2) is 20.3 Å². The number of hydrogen-bond acceptors (Lipinski definition) is 3. The molecule has 0 spiro atoms. The molecule has 0 heterocycles. The number of rotatable bonds is 3. The SMILES string of the molecule is CCC(O)=S.CCC(O)=S.[N-]=[N+]=Nc1ccccc1. The molecule has 0 saturated heterocycles. The van der Waals surface area contributed by atoms with Crippen molar-refractivity contribution in [2.45, 2.75) is 26.7 Å². The Kier molecular flexibility index (Phi) is 14.9. The molecule has 104 valence electrons. The van der Waals surface area contributed by atoms with Crippen LogP contribution in [0.25, 0.3) is 10.4 Å². The van der Waals surface area contributed by atoms with E-state index in [1.54, 1.807) is 12.1 Å². The van der Waals surface area contributed by atoms with E-state index in [9.17, 15) is 0 Å². The summed E-state index contributed by atoms with van der Waals surface area (Å²) in [5, 5.41) is 19.7. The van der Waals surface area contributed by atoms with Crippen LogP contribution in [0.3, 0.4) is 0 Å². The fourth-order valence-electron chi connectivity index (χ4n) is 0.546. The van der Waals surface area contributed by atoms with E-state index in [-0.39, 0.29) is 10.1 Å². The first kappa shape index (κ1) is 19.6. The highest BCUT2D eigenvalue weighted by molar-refractivity contribution is 7.80. The molecule has 0 fully saturated rings. The van der Waals surface area contributed by atoms with Crippen molar-refractivity contribution in [1.82, 2.24) is 0 Å². The van der Waals surface area contributed by atoms with Gasteiger partial charge in [0.05, 0.1) is 0 Å². The molecule has 0 aliphatic rings. The monoisotopic (exact) mass is 299 g/mol. The fraction of sp³-hybridized carbons (Fsp3) is 0.333. The molecule has 2 N–H and O–H groups in total. The zero-order valence-electron chi connectivity index (χ0n) is 10.9. The molecule has 0 aliphatic heterocycles. The van der Waals surface area contributed by atoms with Gasteiger partial charge >= 0.3 is 0 Å². The van der Waals surface area contributed by atoms with Gasteiger partial charge in [-0.1, -0.05) is 49.3 Å². The van der Waals surface area contributed by atoms with Gasteiger partial charge in [-0.25, -0.2) is 0 Å². The third-order valence-corrected chi connectivity index (χ3v) is 2.10. The van der Waals surface area contributed by atoms with Crippen LogP contribution in [0.2, 0.25) is 0 Å². The molecule has 0 aromatic heterocycles. The first-order chi connectivity index (χ1) is 8.97. The maximum absolute atomic E-state index is 8.09. The normalized spacial score (nSPS) is 7.68. The summed E-state index contributed by atoms with van der Waals surface area (Å²) < 4.78 is 0. The van der Waals surface area contributed by atoms with Gasteiger partial charge in [-0.15, -0.1) is 0 Å². The third kappa shape index (κ3) is 18.9. The molecule has 1 aromatic carbocycles. The van der Waals surface area contributed by atoms with Crippen molar-refractivity contribution in [2.75, 3.05) is 0 Å². The first-order valence-electron chi connectivity index (χ1n) is 5.51. The van der Waals surface area contributed by atoms with Gasteiger partial charge in [0.1, 0.15) is 0 Å². The fourth-order valence-corrected chi connectivity index (χ4v) is 0.546. The Morgan fingerprint density at radius 2 is 1.47 bits per heavy atom. The van der Waals surface area contributed by atoms with E-state index >= 15 is 0 Å². The molecule has 1 rings (SSSR count). The van der Waals surface area contributed by atoms with Crippen molar-refractivity contribution in [2.24, 2.45) is 5.11 Å². The van der Waals surface area contributed by atoms with E-state index in [0.29, 0.717) is 18.5 Å². The van der Waals surface area contributed by atoms with Crippen LogP contribution in [0, 0.1) is 0 Å². The number of aliphatic hydroxyl groups excluding tert-OH is 2. The lowest BCUT2D eigenvalue weighted by Gasteiger charge is -1.83. The summed E-state index contributed by atoms with van der Waals surface area (Å²) in [6, 6.07) is 9.02. The zero-order valence-corrected chi connectivity index (χ0v) is 12.5. The molecule has 7 heteroatoms. The number of azide groups is 1. The zero-order chi connectivity index (χ0) is 15.1. The molecule has 0 atom stereocenters. The lowest BCUT2D eigenvalue weighted by molar-refractivity contribution is 0.552. The Labute approximate surface area is 123 Å². The van der Waals surface area contributed by atoms with Gasteiger partial charge in [0.25, 0.3) is 0 Å². The van der Waals surface area contributed by atoms with Crippen molar-refractivity contribution in [3.63, 3.8) is 0 Å². The van der Waals surface area contributed by atoms with Crippen LogP contribution in [0.5, 0.6) is 0 Å².